The van der Waals surface area contributed by atoms with Crippen LogP contribution in [0.2, 0.25) is 0 Å². The minimum atomic E-state index is 0.0308. The van der Waals surface area contributed by atoms with E-state index in [1.807, 2.05) is 13.1 Å². The second-order valence-corrected chi connectivity index (χ2v) is 5.67. The van der Waals surface area contributed by atoms with Gasteiger partial charge in [-0.25, -0.2) is 0 Å². The first kappa shape index (κ1) is 12.5. The summed E-state index contributed by atoms with van der Waals surface area (Å²) < 4.78 is 0. The Bertz CT molecular complexity index is 494. The summed E-state index contributed by atoms with van der Waals surface area (Å²) in [5.74, 6) is 0.194. The minimum Gasteiger partial charge on any atom is -0.308 e. The number of anilines is 1. The van der Waals surface area contributed by atoms with Crippen molar-refractivity contribution < 1.29 is 4.79 Å². The average Bonchev–Trinajstić information content (AvgIpc) is 2.99. The lowest BCUT2D eigenvalue weighted by Gasteiger charge is -2.34. The summed E-state index contributed by atoms with van der Waals surface area (Å²) in [5.41, 5.74) is 2.49. The summed E-state index contributed by atoms with van der Waals surface area (Å²) in [6.07, 6.45) is 2.96. The first-order valence-electron chi connectivity index (χ1n) is 7.00. The molecule has 2 saturated heterocycles. The lowest BCUT2D eigenvalue weighted by molar-refractivity contribution is -0.126. The molecular formula is C15H21N3O. The lowest BCUT2D eigenvalue weighted by atomic mass is 9.89. The van der Waals surface area contributed by atoms with Gasteiger partial charge in [-0.05, 0) is 37.9 Å². The number of nitrogens with zero attached hydrogens (tertiary/aromatic N) is 2. The van der Waals surface area contributed by atoms with E-state index in [1.165, 1.54) is 12.0 Å². The predicted molar refractivity (Wildman–Crippen MR) is 75.8 cm³/mol. The van der Waals surface area contributed by atoms with Crippen LogP contribution in [0.4, 0.5) is 5.69 Å². The molecule has 0 saturated carbocycles. The van der Waals surface area contributed by atoms with Crippen LogP contribution < -0.4 is 10.3 Å². The third-order valence-corrected chi connectivity index (χ3v) is 4.41. The molecule has 4 heteroatoms. The maximum absolute atomic E-state index is 11.7. The van der Waals surface area contributed by atoms with Gasteiger partial charge in [0, 0.05) is 25.6 Å². The number of hydrazine groups is 1. The molecule has 19 heavy (non-hydrogen) atoms. The summed E-state index contributed by atoms with van der Waals surface area (Å²) in [5, 5.41) is 7.46. The number of amides is 1. The molecule has 1 aromatic rings. The summed E-state index contributed by atoms with van der Waals surface area (Å²) in [6, 6.07) is 8.44. The maximum atomic E-state index is 11.7. The fourth-order valence-corrected chi connectivity index (χ4v) is 3.22. The summed E-state index contributed by atoms with van der Waals surface area (Å²) >= 11 is 0. The number of carbonyl (C=O) groups excluding carboxylic acids is 1. The largest absolute Gasteiger partial charge is 0.308 e. The highest BCUT2D eigenvalue weighted by Gasteiger charge is 2.35. The zero-order valence-corrected chi connectivity index (χ0v) is 11.6. The van der Waals surface area contributed by atoms with Crippen LogP contribution in [0.25, 0.3) is 0 Å². The van der Waals surface area contributed by atoms with Gasteiger partial charge >= 0.3 is 0 Å². The lowest BCUT2D eigenvalue weighted by Crippen LogP contribution is -2.40. The van der Waals surface area contributed by atoms with Crippen molar-refractivity contribution in [3.8, 4) is 0 Å². The van der Waals surface area contributed by atoms with E-state index in [4.69, 9.17) is 0 Å². The first-order chi connectivity index (χ1) is 9.12. The molecule has 0 radical (unpaired) electrons. The van der Waals surface area contributed by atoms with E-state index in [1.54, 1.807) is 5.01 Å². The molecule has 3 rings (SSSR count). The van der Waals surface area contributed by atoms with Crippen molar-refractivity contribution in [3.05, 3.63) is 29.8 Å². The van der Waals surface area contributed by atoms with Crippen LogP contribution in [0.1, 0.15) is 31.7 Å². The molecule has 2 heterocycles. The Morgan fingerprint density at radius 2 is 2.11 bits per heavy atom. The first-order valence-corrected chi connectivity index (χ1v) is 7.00. The second-order valence-electron chi connectivity index (χ2n) is 5.67. The standard InChI is InChI=1S/C15H21N3O/c1-15(9-5-10-16-15)12-6-3-4-7-13(12)18-11-8-14(19)17(18)2/h3-4,6-7,16H,5,8-11H2,1-2H3. The highest BCUT2D eigenvalue weighted by atomic mass is 16.2. The molecular weight excluding hydrogens is 238 g/mol. The maximum Gasteiger partial charge on any atom is 0.242 e. The van der Waals surface area contributed by atoms with Crippen molar-refractivity contribution in [3.63, 3.8) is 0 Å². The highest BCUT2D eigenvalue weighted by Crippen LogP contribution is 2.37. The number of para-hydroxylation sites is 1. The quantitative estimate of drug-likeness (QED) is 0.880. The Morgan fingerprint density at radius 1 is 1.32 bits per heavy atom. The Hall–Kier alpha value is -1.55. The van der Waals surface area contributed by atoms with E-state index >= 15 is 0 Å². The zero-order chi connectivity index (χ0) is 13.5. The van der Waals surface area contributed by atoms with Crippen LogP contribution in [-0.4, -0.2) is 31.1 Å². The fraction of sp³-hybridized carbons (Fsp3) is 0.533. The van der Waals surface area contributed by atoms with E-state index < -0.39 is 0 Å². The van der Waals surface area contributed by atoms with E-state index in [9.17, 15) is 4.79 Å². The number of carbonyl (C=O) groups is 1. The zero-order valence-electron chi connectivity index (χ0n) is 11.6. The fourth-order valence-electron chi connectivity index (χ4n) is 3.22. The molecule has 1 aromatic carbocycles. The van der Waals surface area contributed by atoms with Crippen molar-refractivity contribution in [1.82, 2.24) is 10.3 Å². The van der Waals surface area contributed by atoms with Crippen LogP contribution in [-0.2, 0) is 10.3 Å². The molecule has 0 aromatic heterocycles. The second kappa shape index (κ2) is 4.53. The molecule has 1 amide bonds. The molecule has 2 aliphatic heterocycles. The Morgan fingerprint density at radius 3 is 2.74 bits per heavy atom. The third-order valence-electron chi connectivity index (χ3n) is 4.41. The predicted octanol–water partition coefficient (Wildman–Crippen LogP) is 1.87. The third kappa shape index (κ3) is 2.00. The van der Waals surface area contributed by atoms with Crippen LogP contribution in [0.15, 0.2) is 24.3 Å². The van der Waals surface area contributed by atoms with Crippen LogP contribution >= 0.6 is 0 Å². The van der Waals surface area contributed by atoms with Crippen LogP contribution in [0.5, 0.6) is 0 Å². The van der Waals surface area contributed by atoms with E-state index in [0.717, 1.165) is 25.2 Å². The van der Waals surface area contributed by atoms with Gasteiger partial charge in [0.2, 0.25) is 5.91 Å². The number of hydrogen-bond donors (Lipinski definition) is 1. The monoisotopic (exact) mass is 259 g/mol. The SMILES string of the molecule is CN1C(=O)CCN1c1ccccc1C1(C)CCCN1. The van der Waals surface area contributed by atoms with Crippen molar-refractivity contribution >= 4 is 11.6 Å². The van der Waals surface area contributed by atoms with Crippen molar-refractivity contribution in [2.24, 2.45) is 0 Å². The van der Waals surface area contributed by atoms with Gasteiger partial charge in [-0.15, -0.1) is 0 Å². The Labute approximate surface area is 114 Å². The number of benzene rings is 1. The van der Waals surface area contributed by atoms with Gasteiger partial charge in [-0.2, -0.15) is 0 Å². The van der Waals surface area contributed by atoms with E-state index in [0.29, 0.717) is 6.42 Å². The van der Waals surface area contributed by atoms with Crippen molar-refractivity contribution in [1.29, 1.82) is 0 Å². The van der Waals surface area contributed by atoms with E-state index in [-0.39, 0.29) is 11.4 Å². The minimum absolute atomic E-state index is 0.0308. The molecule has 1 atom stereocenters. The van der Waals surface area contributed by atoms with Gasteiger partial charge in [0.05, 0.1) is 5.69 Å². The molecule has 0 spiro atoms. The van der Waals surface area contributed by atoms with Crippen LogP contribution in [0.3, 0.4) is 0 Å². The van der Waals surface area contributed by atoms with Gasteiger partial charge in [-0.3, -0.25) is 14.8 Å². The summed E-state index contributed by atoms with van der Waals surface area (Å²) in [4.78, 5) is 11.7. The molecule has 2 fully saturated rings. The van der Waals surface area contributed by atoms with Gasteiger partial charge in [-0.1, -0.05) is 18.2 Å². The average molecular weight is 259 g/mol. The molecule has 2 aliphatic rings. The van der Waals surface area contributed by atoms with E-state index in [2.05, 4.69) is 35.4 Å². The van der Waals surface area contributed by atoms with Gasteiger partial charge in [0.1, 0.15) is 0 Å². The van der Waals surface area contributed by atoms with Crippen molar-refractivity contribution in [2.45, 2.75) is 31.7 Å². The van der Waals surface area contributed by atoms with Gasteiger partial charge in [0.25, 0.3) is 0 Å². The number of rotatable bonds is 2. The molecule has 0 aliphatic carbocycles. The normalized spacial score (nSPS) is 27.4. The smallest absolute Gasteiger partial charge is 0.242 e. The Balaban J connectivity index is 2.00. The number of hydrogen-bond acceptors (Lipinski definition) is 3. The van der Waals surface area contributed by atoms with Gasteiger partial charge < -0.3 is 5.32 Å². The van der Waals surface area contributed by atoms with Gasteiger partial charge in [0.15, 0.2) is 0 Å². The molecule has 1 N–H and O–H groups in total. The highest BCUT2D eigenvalue weighted by molar-refractivity contribution is 5.82. The summed E-state index contributed by atoms with van der Waals surface area (Å²) in [6.45, 7) is 4.11. The van der Waals surface area contributed by atoms with Crippen molar-refractivity contribution in [2.75, 3.05) is 25.1 Å². The Kier molecular flexibility index (Phi) is 2.97. The number of nitrogens with one attached hydrogen (secondary N) is 1. The molecule has 4 nitrogen and oxygen atoms in total. The van der Waals surface area contributed by atoms with Crippen LogP contribution in [0, 0.1) is 0 Å². The summed E-state index contributed by atoms with van der Waals surface area (Å²) in [7, 11) is 1.86. The topological polar surface area (TPSA) is 35.6 Å². The molecule has 0 bridgehead atoms. The molecule has 1 unspecified atom stereocenters. The molecule has 102 valence electrons.